The molecule has 4 nitrogen and oxygen atoms in total. The standard InChI is InChI=1S/C10H10FN3O/c1-14(6-10(13)15)9-4-2-3-8(11)7(9)5-12/h2-4H,6H2,1H3,(H2,13,15). The van der Waals surface area contributed by atoms with Crippen LogP contribution in [0.3, 0.4) is 0 Å². The SMILES string of the molecule is CN(CC(N)=O)c1cccc(F)c1C#N. The minimum atomic E-state index is -0.605. The molecule has 5 heteroatoms. The van der Waals surface area contributed by atoms with Crippen molar-refractivity contribution in [3.8, 4) is 6.07 Å². The molecule has 0 radical (unpaired) electrons. The van der Waals surface area contributed by atoms with E-state index in [0.717, 1.165) is 0 Å². The van der Waals surface area contributed by atoms with Crippen molar-refractivity contribution in [3.63, 3.8) is 0 Å². The largest absolute Gasteiger partial charge is 0.368 e. The highest BCUT2D eigenvalue weighted by Crippen LogP contribution is 2.20. The molecule has 0 saturated carbocycles. The number of likely N-dealkylation sites (N-methyl/N-ethyl adjacent to an activating group) is 1. The molecule has 1 amide bonds. The number of hydrogen-bond acceptors (Lipinski definition) is 3. The molecule has 0 aromatic heterocycles. The summed E-state index contributed by atoms with van der Waals surface area (Å²) < 4.78 is 13.2. The molecule has 0 bridgehead atoms. The lowest BCUT2D eigenvalue weighted by molar-refractivity contribution is -0.116. The second-order valence-corrected chi connectivity index (χ2v) is 3.07. The van der Waals surface area contributed by atoms with Gasteiger partial charge in [-0.2, -0.15) is 5.26 Å². The van der Waals surface area contributed by atoms with Gasteiger partial charge in [0, 0.05) is 7.05 Å². The molecular weight excluding hydrogens is 197 g/mol. The van der Waals surface area contributed by atoms with E-state index in [1.165, 1.54) is 17.0 Å². The fraction of sp³-hybridized carbons (Fsp3) is 0.200. The van der Waals surface area contributed by atoms with Crippen molar-refractivity contribution >= 4 is 11.6 Å². The summed E-state index contributed by atoms with van der Waals surface area (Å²) in [5.41, 5.74) is 5.28. The molecule has 1 rings (SSSR count). The molecule has 0 spiro atoms. The average molecular weight is 207 g/mol. The van der Waals surface area contributed by atoms with Gasteiger partial charge in [-0.15, -0.1) is 0 Å². The third-order valence-corrected chi connectivity index (χ3v) is 1.91. The van der Waals surface area contributed by atoms with E-state index in [1.54, 1.807) is 19.2 Å². The van der Waals surface area contributed by atoms with Crippen LogP contribution in [-0.2, 0) is 4.79 Å². The number of nitriles is 1. The van der Waals surface area contributed by atoms with Crippen LogP contribution in [0.4, 0.5) is 10.1 Å². The van der Waals surface area contributed by atoms with Gasteiger partial charge in [0.2, 0.25) is 5.91 Å². The van der Waals surface area contributed by atoms with Gasteiger partial charge >= 0.3 is 0 Å². The molecule has 0 fully saturated rings. The zero-order valence-corrected chi connectivity index (χ0v) is 8.20. The number of amides is 1. The van der Waals surface area contributed by atoms with E-state index in [4.69, 9.17) is 11.0 Å². The molecule has 15 heavy (non-hydrogen) atoms. The minimum Gasteiger partial charge on any atom is -0.368 e. The number of carbonyl (C=O) groups is 1. The Balaban J connectivity index is 3.09. The van der Waals surface area contributed by atoms with Gasteiger partial charge in [0.1, 0.15) is 17.4 Å². The number of anilines is 1. The summed E-state index contributed by atoms with van der Waals surface area (Å²) in [5.74, 6) is -1.14. The van der Waals surface area contributed by atoms with Gasteiger partial charge in [-0.1, -0.05) is 6.07 Å². The molecular formula is C10H10FN3O. The highest BCUT2D eigenvalue weighted by molar-refractivity contribution is 5.80. The Kier molecular flexibility index (Phi) is 3.24. The third-order valence-electron chi connectivity index (χ3n) is 1.91. The molecule has 0 aliphatic carbocycles. The maximum absolute atomic E-state index is 13.2. The summed E-state index contributed by atoms with van der Waals surface area (Å²) in [6.45, 7) is -0.0574. The fourth-order valence-electron chi connectivity index (χ4n) is 1.26. The topological polar surface area (TPSA) is 70.1 Å². The molecule has 0 aliphatic heterocycles. The smallest absolute Gasteiger partial charge is 0.236 e. The maximum Gasteiger partial charge on any atom is 0.236 e. The molecule has 0 aliphatic rings. The van der Waals surface area contributed by atoms with E-state index in [-0.39, 0.29) is 12.1 Å². The van der Waals surface area contributed by atoms with Crippen LogP contribution in [0, 0.1) is 17.1 Å². The Hall–Kier alpha value is -2.09. The predicted octanol–water partition coefficient (Wildman–Crippen LogP) is 0.619. The third kappa shape index (κ3) is 2.44. The van der Waals surface area contributed by atoms with Crippen molar-refractivity contribution in [2.45, 2.75) is 0 Å². The van der Waals surface area contributed by atoms with Crippen molar-refractivity contribution in [3.05, 3.63) is 29.6 Å². The second kappa shape index (κ2) is 4.42. The number of hydrogen-bond donors (Lipinski definition) is 1. The van der Waals surface area contributed by atoms with E-state index in [9.17, 15) is 9.18 Å². The van der Waals surface area contributed by atoms with Gasteiger partial charge in [-0.25, -0.2) is 4.39 Å². The van der Waals surface area contributed by atoms with Gasteiger partial charge in [-0.3, -0.25) is 4.79 Å². The van der Waals surface area contributed by atoms with Crippen LogP contribution in [-0.4, -0.2) is 19.5 Å². The summed E-state index contributed by atoms with van der Waals surface area (Å²) in [4.78, 5) is 12.1. The number of nitrogens with zero attached hydrogens (tertiary/aromatic N) is 2. The Bertz CT molecular complexity index is 425. The monoisotopic (exact) mass is 207 g/mol. The van der Waals surface area contributed by atoms with Crippen LogP contribution in [0.1, 0.15) is 5.56 Å². The fourth-order valence-corrected chi connectivity index (χ4v) is 1.26. The quantitative estimate of drug-likeness (QED) is 0.789. The van der Waals surface area contributed by atoms with Crippen LogP contribution >= 0.6 is 0 Å². The predicted molar refractivity (Wildman–Crippen MR) is 53.6 cm³/mol. The molecule has 0 unspecified atom stereocenters. The summed E-state index contributed by atoms with van der Waals surface area (Å²) >= 11 is 0. The number of benzene rings is 1. The first-order valence-electron chi connectivity index (χ1n) is 4.24. The molecule has 2 N–H and O–H groups in total. The van der Waals surface area contributed by atoms with Gasteiger partial charge in [-0.05, 0) is 12.1 Å². The van der Waals surface area contributed by atoms with E-state index in [2.05, 4.69) is 0 Å². The van der Waals surface area contributed by atoms with Gasteiger partial charge < -0.3 is 10.6 Å². The molecule has 0 saturated heterocycles. The van der Waals surface area contributed by atoms with Crippen LogP contribution in [0.5, 0.6) is 0 Å². The van der Waals surface area contributed by atoms with Crippen molar-refractivity contribution in [2.75, 3.05) is 18.5 Å². The minimum absolute atomic E-state index is 0.0574. The maximum atomic E-state index is 13.2. The Morgan fingerprint density at radius 3 is 2.87 bits per heavy atom. The molecule has 0 atom stereocenters. The average Bonchev–Trinajstić information content (AvgIpc) is 2.16. The van der Waals surface area contributed by atoms with Gasteiger partial charge in [0.15, 0.2) is 0 Å². The van der Waals surface area contributed by atoms with Crippen molar-refractivity contribution in [2.24, 2.45) is 5.73 Å². The highest BCUT2D eigenvalue weighted by atomic mass is 19.1. The van der Waals surface area contributed by atoms with Gasteiger partial charge in [0.05, 0.1) is 12.2 Å². The van der Waals surface area contributed by atoms with E-state index < -0.39 is 11.7 Å². The number of primary amides is 1. The molecule has 78 valence electrons. The van der Waals surface area contributed by atoms with Crippen molar-refractivity contribution < 1.29 is 9.18 Å². The van der Waals surface area contributed by atoms with Gasteiger partial charge in [0.25, 0.3) is 0 Å². The molecule has 0 heterocycles. The van der Waals surface area contributed by atoms with Crippen molar-refractivity contribution in [1.82, 2.24) is 0 Å². The first-order valence-corrected chi connectivity index (χ1v) is 4.24. The summed E-state index contributed by atoms with van der Waals surface area (Å²) in [7, 11) is 1.57. The number of rotatable bonds is 3. The summed E-state index contributed by atoms with van der Waals surface area (Å²) in [6, 6.07) is 5.98. The lowest BCUT2D eigenvalue weighted by Crippen LogP contribution is -2.31. The normalized spacial score (nSPS) is 9.40. The van der Waals surface area contributed by atoms with E-state index in [0.29, 0.717) is 5.69 Å². The Labute approximate surface area is 86.7 Å². The van der Waals surface area contributed by atoms with Crippen LogP contribution < -0.4 is 10.6 Å². The van der Waals surface area contributed by atoms with Crippen LogP contribution in [0.15, 0.2) is 18.2 Å². The molecule has 1 aromatic rings. The highest BCUT2D eigenvalue weighted by Gasteiger charge is 2.12. The number of carbonyl (C=O) groups excluding carboxylic acids is 1. The van der Waals surface area contributed by atoms with Crippen LogP contribution in [0.25, 0.3) is 0 Å². The Morgan fingerprint density at radius 2 is 2.33 bits per heavy atom. The lowest BCUT2D eigenvalue weighted by atomic mass is 10.1. The first kappa shape index (κ1) is 11.0. The van der Waals surface area contributed by atoms with Crippen LogP contribution in [0.2, 0.25) is 0 Å². The second-order valence-electron chi connectivity index (χ2n) is 3.07. The van der Waals surface area contributed by atoms with Crippen molar-refractivity contribution in [1.29, 1.82) is 5.26 Å². The zero-order chi connectivity index (χ0) is 11.4. The number of nitrogens with two attached hydrogens (primary N) is 1. The zero-order valence-electron chi connectivity index (χ0n) is 8.20. The van der Waals surface area contributed by atoms with E-state index in [1.807, 2.05) is 0 Å². The number of halogens is 1. The lowest BCUT2D eigenvalue weighted by Gasteiger charge is -2.18. The molecule has 1 aromatic carbocycles. The first-order chi connectivity index (χ1) is 7.06. The Morgan fingerprint density at radius 1 is 1.67 bits per heavy atom. The summed E-state index contributed by atoms with van der Waals surface area (Å²) in [5, 5.41) is 8.75. The van der Waals surface area contributed by atoms with E-state index >= 15 is 0 Å². The summed E-state index contributed by atoms with van der Waals surface area (Å²) in [6.07, 6.45) is 0.